The SMILES string of the molecule is C[C@H](CO[C@@H](C)CO)OC[C@@H](C)O. The molecule has 0 aliphatic carbocycles. The van der Waals surface area contributed by atoms with Gasteiger partial charge >= 0.3 is 0 Å². The van der Waals surface area contributed by atoms with Crippen molar-refractivity contribution in [2.45, 2.75) is 39.1 Å². The highest BCUT2D eigenvalue weighted by atomic mass is 16.5. The van der Waals surface area contributed by atoms with E-state index in [0.29, 0.717) is 13.2 Å². The van der Waals surface area contributed by atoms with Crippen molar-refractivity contribution in [3.63, 3.8) is 0 Å². The Balaban J connectivity index is 3.34. The molecule has 80 valence electrons. The summed E-state index contributed by atoms with van der Waals surface area (Å²) in [7, 11) is 0. The number of aliphatic hydroxyl groups excluding tert-OH is 2. The zero-order chi connectivity index (χ0) is 10.3. The lowest BCUT2D eigenvalue weighted by molar-refractivity contribution is -0.0620. The fraction of sp³-hybridized carbons (Fsp3) is 1.00. The molecule has 0 radical (unpaired) electrons. The summed E-state index contributed by atoms with van der Waals surface area (Å²) in [6.45, 7) is 6.10. The average Bonchev–Trinajstić information content (AvgIpc) is 2.10. The van der Waals surface area contributed by atoms with E-state index in [9.17, 15) is 0 Å². The topological polar surface area (TPSA) is 58.9 Å². The molecule has 0 aromatic heterocycles. The second-order valence-corrected chi connectivity index (χ2v) is 3.32. The molecule has 3 atom stereocenters. The summed E-state index contributed by atoms with van der Waals surface area (Å²) in [4.78, 5) is 0. The highest BCUT2D eigenvalue weighted by Gasteiger charge is 2.06. The second-order valence-electron chi connectivity index (χ2n) is 3.32. The van der Waals surface area contributed by atoms with Gasteiger partial charge in [-0.2, -0.15) is 0 Å². The monoisotopic (exact) mass is 192 g/mol. The molecule has 0 aromatic rings. The lowest BCUT2D eigenvalue weighted by atomic mass is 10.4. The molecule has 0 heterocycles. The van der Waals surface area contributed by atoms with Crippen LogP contribution in [0.4, 0.5) is 0 Å². The molecule has 0 aliphatic rings. The van der Waals surface area contributed by atoms with E-state index in [0.717, 1.165) is 0 Å². The largest absolute Gasteiger partial charge is 0.394 e. The number of rotatable bonds is 7. The van der Waals surface area contributed by atoms with E-state index < -0.39 is 6.10 Å². The molecule has 0 aromatic carbocycles. The van der Waals surface area contributed by atoms with Crippen LogP contribution in [0.5, 0.6) is 0 Å². The van der Waals surface area contributed by atoms with Crippen LogP contribution in [0.25, 0.3) is 0 Å². The third kappa shape index (κ3) is 8.18. The molecule has 0 spiro atoms. The molecule has 4 heteroatoms. The standard InChI is InChI=1S/C9H20O4/c1-7(11)5-12-9(3)6-13-8(2)4-10/h7-11H,4-6H2,1-3H3/t7-,8+,9-/m1/s1. The minimum Gasteiger partial charge on any atom is -0.394 e. The van der Waals surface area contributed by atoms with Crippen molar-refractivity contribution in [3.8, 4) is 0 Å². The molecule has 0 saturated heterocycles. The fourth-order valence-corrected chi connectivity index (χ4v) is 0.704. The van der Waals surface area contributed by atoms with E-state index in [1.165, 1.54) is 0 Å². The molecule has 0 fully saturated rings. The molecule has 0 bridgehead atoms. The molecule has 13 heavy (non-hydrogen) atoms. The van der Waals surface area contributed by atoms with Gasteiger partial charge < -0.3 is 19.7 Å². The molecule has 2 N–H and O–H groups in total. The fourth-order valence-electron chi connectivity index (χ4n) is 0.704. The van der Waals surface area contributed by atoms with Crippen LogP contribution in [0.1, 0.15) is 20.8 Å². The van der Waals surface area contributed by atoms with Gasteiger partial charge in [-0.3, -0.25) is 0 Å². The lowest BCUT2D eigenvalue weighted by Gasteiger charge is -2.16. The average molecular weight is 192 g/mol. The molecule has 0 aliphatic heterocycles. The summed E-state index contributed by atoms with van der Waals surface area (Å²) < 4.78 is 10.5. The van der Waals surface area contributed by atoms with Crippen LogP contribution >= 0.6 is 0 Å². The first kappa shape index (κ1) is 12.8. The minimum atomic E-state index is -0.447. The van der Waals surface area contributed by atoms with Crippen LogP contribution < -0.4 is 0 Å². The predicted molar refractivity (Wildman–Crippen MR) is 49.6 cm³/mol. The van der Waals surface area contributed by atoms with Gasteiger partial charge in [0.15, 0.2) is 0 Å². The number of hydrogen-bond acceptors (Lipinski definition) is 4. The summed E-state index contributed by atoms with van der Waals surface area (Å²) in [6.07, 6.45) is -0.654. The first-order valence-corrected chi connectivity index (χ1v) is 4.58. The number of aliphatic hydroxyl groups is 2. The van der Waals surface area contributed by atoms with Crippen LogP contribution in [0.15, 0.2) is 0 Å². The van der Waals surface area contributed by atoms with Crippen LogP contribution in [0, 0.1) is 0 Å². The van der Waals surface area contributed by atoms with Crippen LogP contribution in [0.3, 0.4) is 0 Å². The maximum atomic E-state index is 8.92. The third-order valence-electron chi connectivity index (χ3n) is 1.49. The predicted octanol–water partition coefficient (Wildman–Crippen LogP) is 0.170. The third-order valence-corrected chi connectivity index (χ3v) is 1.49. The van der Waals surface area contributed by atoms with Crippen molar-refractivity contribution in [2.75, 3.05) is 19.8 Å². The van der Waals surface area contributed by atoms with Crippen molar-refractivity contribution >= 4 is 0 Å². The summed E-state index contributed by atoms with van der Waals surface area (Å²) >= 11 is 0. The molecule has 4 nitrogen and oxygen atoms in total. The van der Waals surface area contributed by atoms with Crippen molar-refractivity contribution in [1.29, 1.82) is 0 Å². The highest BCUT2D eigenvalue weighted by molar-refractivity contribution is 4.52. The Hall–Kier alpha value is -0.160. The summed E-state index contributed by atoms with van der Waals surface area (Å²) in [5.74, 6) is 0. The maximum absolute atomic E-state index is 8.92. The summed E-state index contributed by atoms with van der Waals surface area (Å²) in [5, 5.41) is 17.6. The summed E-state index contributed by atoms with van der Waals surface area (Å²) in [6, 6.07) is 0. The van der Waals surface area contributed by atoms with Crippen LogP contribution in [-0.4, -0.2) is 48.3 Å². The lowest BCUT2D eigenvalue weighted by Crippen LogP contribution is -2.24. The van der Waals surface area contributed by atoms with E-state index in [2.05, 4.69) is 0 Å². The Morgan fingerprint density at radius 1 is 1.00 bits per heavy atom. The minimum absolute atomic E-state index is 0.0170. The zero-order valence-electron chi connectivity index (χ0n) is 8.56. The number of ether oxygens (including phenoxy) is 2. The normalized spacial score (nSPS) is 18.2. The Bertz CT molecular complexity index is 116. The van der Waals surface area contributed by atoms with Gasteiger partial charge in [-0.15, -0.1) is 0 Å². The Kier molecular flexibility index (Phi) is 7.17. The van der Waals surface area contributed by atoms with E-state index in [4.69, 9.17) is 19.7 Å². The van der Waals surface area contributed by atoms with Gasteiger partial charge in [-0.25, -0.2) is 0 Å². The Morgan fingerprint density at radius 2 is 1.54 bits per heavy atom. The molecule has 0 rings (SSSR count). The zero-order valence-corrected chi connectivity index (χ0v) is 8.56. The second kappa shape index (κ2) is 7.26. The molecular weight excluding hydrogens is 172 g/mol. The maximum Gasteiger partial charge on any atom is 0.0781 e. The van der Waals surface area contributed by atoms with Gasteiger partial charge in [0.2, 0.25) is 0 Å². The first-order chi connectivity index (χ1) is 6.06. The summed E-state index contributed by atoms with van der Waals surface area (Å²) in [5.41, 5.74) is 0. The van der Waals surface area contributed by atoms with Gasteiger partial charge in [0.05, 0.1) is 38.1 Å². The van der Waals surface area contributed by atoms with Gasteiger partial charge in [0, 0.05) is 0 Å². The van der Waals surface area contributed by atoms with Crippen molar-refractivity contribution < 1.29 is 19.7 Å². The van der Waals surface area contributed by atoms with Crippen molar-refractivity contribution in [1.82, 2.24) is 0 Å². The van der Waals surface area contributed by atoms with Gasteiger partial charge in [-0.05, 0) is 20.8 Å². The quantitative estimate of drug-likeness (QED) is 0.603. The molecule has 0 saturated carbocycles. The Morgan fingerprint density at radius 3 is 2.00 bits per heavy atom. The van der Waals surface area contributed by atoms with Gasteiger partial charge in [0.25, 0.3) is 0 Å². The van der Waals surface area contributed by atoms with E-state index in [1.54, 1.807) is 13.8 Å². The van der Waals surface area contributed by atoms with Crippen molar-refractivity contribution in [2.24, 2.45) is 0 Å². The van der Waals surface area contributed by atoms with Crippen molar-refractivity contribution in [3.05, 3.63) is 0 Å². The van der Waals surface area contributed by atoms with Gasteiger partial charge in [-0.1, -0.05) is 0 Å². The highest BCUT2D eigenvalue weighted by Crippen LogP contribution is 1.97. The van der Waals surface area contributed by atoms with Crippen LogP contribution in [0.2, 0.25) is 0 Å². The molecular formula is C9H20O4. The van der Waals surface area contributed by atoms with E-state index >= 15 is 0 Å². The smallest absolute Gasteiger partial charge is 0.0781 e. The first-order valence-electron chi connectivity index (χ1n) is 4.58. The van der Waals surface area contributed by atoms with E-state index in [1.807, 2.05) is 6.92 Å². The van der Waals surface area contributed by atoms with Crippen LogP contribution in [-0.2, 0) is 9.47 Å². The Labute approximate surface area is 79.5 Å². The van der Waals surface area contributed by atoms with E-state index in [-0.39, 0.29) is 18.8 Å². The molecule has 0 amide bonds. The number of hydrogen-bond donors (Lipinski definition) is 2. The molecule has 0 unspecified atom stereocenters. The van der Waals surface area contributed by atoms with Gasteiger partial charge in [0.1, 0.15) is 0 Å².